The van der Waals surface area contributed by atoms with Crippen molar-refractivity contribution in [2.24, 2.45) is 5.92 Å². The van der Waals surface area contributed by atoms with Crippen molar-refractivity contribution in [3.05, 3.63) is 16.9 Å². The van der Waals surface area contributed by atoms with Crippen LogP contribution < -0.4 is 5.32 Å². The van der Waals surface area contributed by atoms with Crippen molar-refractivity contribution < 1.29 is 0 Å². The molecular weight excluding hydrogens is 174 g/mol. The Morgan fingerprint density at radius 3 is 2.92 bits per heavy atom. The molecule has 0 spiro atoms. The van der Waals surface area contributed by atoms with E-state index >= 15 is 0 Å². The quantitative estimate of drug-likeness (QED) is 0.747. The lowest BCUT2D eigenvalue weighted by Crippen LogP contribution is -2.44. The molecule has 1 aliphatic heterocycles. The third-order valence-corrected chi connectivity index (χ3v) is 2.57. The van der Waals surface area contributed by atoms with Crippen molar-refractivity contribution in [2.75, 3.05) is 13.1 Å². The summed E-state index contributed by atoms with van der Waals surface area (Å²) < 4.78 is 1.93. The Hall–Kier alpha value is -0.540. The molecule has 0 saturated carbocycles. The predicted octanol–water partition coefficient (Wildman–Crippen LogP) is 1.06. The molecular formula is C8H12ClN3. The Morgan fingerprint density at radius 2 is 2.50 bits per heavy atom. The molecule has 0 atom stereocenters. The van der Waals surface area contributed by atoms with Crippen LogP contribution >= 0.6 is 11.6 Å². The van der Waals surface area contributed by atoms with Crippen molar-refractivity contribution in [1.29, 1.82) is 0 Å². The molecule has 0 bridgehead atoms. The molecule has 1 saturated heterocycles. The zero-order chi connectivity index (χ0) is 8.55. The lowest BCUT2D eigenvalue weighted by molar-refractivity contribution is 0.295. The summed E-state index contributed by atoms with van der Waals surface area (Å²) in [5.41, 5.74) is 0.920. The molecule has 2 rings (SSSR count). The van der Waals surface area contributed by atoms with E-state index in [9.17, 15) is 0 Å². The van der Waals surface area contributed by atoms with E-state index in [1.54, 1.807) is 0 Å². The fourth-order valence-corrected chi connectivity index (χ4v) is 1.48. The molecule has 0 amide bonds. The molecule has 1 aliphatic rings. The van der Waals surface area contributed by atoms with Crippen LogP contribution in [0.25, 0.3) is 0 Å². The summed E-state index contributed by atoms with van der Waals surface area (Å²) in [6, 6.07) is 0. The van der Waals surface area contributed by atoms with Crippen LogP contribution in [0.5, 0.6) is 0 Å². The molecule has 1 aromatic rings. The van der Waals surface area contributed by atoms with Gasteiger partial charge in [0, 0.05) is 31.7 Å². The van der Waals surface area contributed by atoms with Crippen molar-refractivity contribution in [3.63, 3.8) is 0 Å². The average molecular weight is 186 g/mol. The zero-order valence-corrected chi connectivity index (χ0v) is 7.80. The van der Waals surface area contributed by atoms with Gasteiger partial charge in [-0.15, -0.1) is 0 Å². The van der Waals surface area contributed by atoms with E-state index in [4.69, 9.17) is 11.6 Å². The molecule has 0 radical (unpaired) electrons. The van der Waals surface area contributed by atoms with Crippen LogP contribution in [0, 0.1) is 12.8 Å². The SMILES string of the molecule is Cc1nn(CC2CNC2)cc1Cl. The monoisotopic (exact) mass is 185 g/mol. The van der Waals surface area contributed by atoms with Crippen LogP contribution in [0.3, 0.4) is 0 Å². The average Bonchev–Trinajstić information content (AvgIpc) is 2.24. The Labute approximate surface area is 76.7 Å². The van der Waals surface area contributed by atoms with Gasteiger partial charge in [0.25, 0.3) is 0 Å². The molecule has 4 heteroatoms. The molecule has 0 aliphatic carbocycles. The first kappa shape index (κ1) is 8.08. The van der Waals surface area contributed by atoms with Crippen molar-refractivity contribution in [2.45, 2.75) is 13.5 Å². The van der Waals surface area contributed by atoms with Crippen LogP contribution in [0.1, 0.15) is 5.69 Å². The van der Waals surface area contributed by atoms with Gasteiger partial charge >= 0.3 is 0 Å². The van der Waals surface area contributed by atoms with Crippen LogP contribution in [0.15, 0.2) is 6.20 Å². The van der Waals surface area contributed by atoms with Gasteiger partial charge < -0.3 is 5.32 Å². The Morgan fingerprint density at radius 1 is 1.75 bits per heavy atom. The highest BCUT2D eigenvalue weighted by atomic mass is 35.5. The number of aryl methyl sites for hydroxylation is 1. The first-order valence-corrected chi connectivity index (χ1v) is 4.54. The number of rotatable bonds is 2. The highest BCUT2D eigenvalue weighted by molar-refractivity contribution is 6.31. The van der Waals surface area contributed by atoms with Crippen LogP contribution in [-0.2, 0) is 6.54 Å². The third-order valence-electron chi connectivity index (χ3n) is 2.20. The number of aromatic nitrogens is 2. The van der Waals surface area contributed by atoms with Crippen molar-refractivity contribution in [3.8, 4) is 0 Å². The van der Waals surface area contributed by atoms with E-state index in [1.165, 1.54) is 0 Å². The summed E-state index contributed by atoms with van der Waals surface area (Å²) in [5, 5.41) is 8.28. The van der Waals surface area contributed by atoms with Gasteiger partial charge in [-0.1, -0.05) is 11.6 Å². The largest absolute Gasteiger partial charge is 0.316 e. The van der Waals surface area contributed by atoms with Gasteiger partial charge in [-0.25, -0.2) is 0 Å². The van der Waals surface area contributed by atoms with Crippen LogP contribution in [0.4, 0.5) is 0 Å². The van der Waals surface area contributed by atoms with Gasteiger partial charge in [0.1, 0.15) is 0 Å². The summed E-state index contributed by atoms with van der Waals surface area (Å²) in [7, 11) is 0. The normalized spacial score (nSPS) is 17.8. The number of hydrogen-bond donors (Lipinski definition) is 1. The van der Waals surface area contributed by atoms with Gasteiger partial charge in [-0.05, 0) is 6.92 Å². The molecule has 0 unspecified atom stereocenters. The third kappa shape index (κ3) is 1.47. The minimum Gasteiger partial charge on any atom is -0.316 e. The van der Waals surface area contributed by atoms with E-state index in [-0.39, 0.29) is 0 Å². The maximum absolute atomic E-state index is 5.88. The highest BCUT2D eigenvalue weighted by Crippen LogP contribution is 2.14. The van der Waals surface area contributed by atoms with Crippen LogP contribution in [-0.4, -0.2) is 22.9 Å². The first-order valence-electron chi connectivity index (χ1n) is 4.16. The van der Waals surface area contributed by atoms with E-state index in [0.717, 1.165) is 36.3 Å². The molecule has 2 heterocycles. The number of nitrogens with zero attached hydrogens (tertiary/aromatic N) is 2. The summed E-state index contributed by atoms with van der Waals surface area (Å²) in [5.74, 6) is 0.736. The molecule has 3 nitrogen and oxygen atoms in total. The fourth-order valence-electron chi connectivity index (χ4n) is 1.33. The Kier molecular flexibility index (Phi) is 2.07. The summed E-state index contributed by atoms with van der Waals surface area (Å²) >= 11 is 5.88. The Bertz CT molecular complexity index is 258. The maximum atomic E-state index is 5.88. The minimum atomic E-state index is 0.736. The number of nitrogens with one attached hydrogen (secondary N) is 1. The van der Waals surface area contributed by atoms with Gasteiger partial charge in [-0.3, -0.25) is 4.68 Å². The number of hydrogen-bond acceptors (Lipinski definition) is 2. The van der Waals surface area contributed by atoms with Crippen molar-refractivity contribution in [1.82, 2.24) is 15.1 Å². The van der Waals surface area contributed by atoms with Gasteiger partial charge in [0.2, 0.25) is 0 Å². The summed E-state index contributed by atoms with van der Waals surface area (Å²) in [4.78, 5) is 0. The smallest absolute Gasteiger partial charge is 0.0814 e. The molecule has 0 aromatic carbocycles. The van der Waals surface area contributed by atoms with E-state index < -0.39 is 0 Å². The van der Waals surface area contributed by atoms with Crippen LogP contribution in [0.2, 0.25) is 5.02 Å². The fraction of sp³-hybridized carbons (Fsp3) is 0.625. The number of halogens is 1. The van der Waals surface area contributed by atoms with Gasteiger partial charge in [-0.2, -0.15) is 5.10 Å². The topological polar surface area (TPSA) is 29.9 Å². The molecule has 12 heavy (non-hydrogen) atoms. The lowest BCUT2D eigenvalue weighted by atomic mass is 10.0. The molecule has 1 aromatic heterocycles. The summed E-state index contributed by atoms with van der Waals surface area (Å²) in [6.45, 7) is 5.13. The predicted molar refractivity (Wildman–Crippen MR) is 48.3 cm³/mol. The van der Waals surface area contributed by atoms with Gasteiger partial charge in [0.05, 0.1) is 10.7 Å². The second kappa shape index (κ2) is 3.07. The molecule has 1 fully saturated rings. The minimum absolute atomic E-state index is 0.736. The highest BCUT2D eigenvalue weighted by Gasteiger charge is 2.17. The molecule has 66 valence electrons. The lowest BCUT2D eigenvalue weighted by Gasteiger charge is -2.26. The second-order valence-electron chi connectivity index (χ2n) is 3.31. The maximum Gasteiger partial charge on any atom is 0.0814 e. The zero-order valence-electron chi connectivity index (χ0n) is 7.05. The van der Waals surface area contributed by atoms with E-state index in [2.05, 4.69) is 10.4 Å². The summed E-state index contributed by atoms with van der Waals surface area (Å²) in [6.07, 6.45) is 1.90. The second-order valence-corrected chi connectivity index (χ2v) is 3.72. The van der Waals surface area contributed by atoms with Gasteiger partial charge in [0.15, 0.2) is 0 Å². The molecule has 1 N–H and O–H groups in total. The van der Waals surface area contributed by atoms with E-state index in [1.807, 2.05) is 17.8 Å². The Balaban J connectivity index is 2.02. The van der Waals surface area contributed by atoms with E-state index in [0.29, 0.717) is 0 Å². The standard InChI is InChI=1S/C8H12ClN3/c1-6-8(9)5-12(11-6)4-7-2-10-3-7/h5,7,10H,2-4H2,1H3. The van der Waals surface area contributed by atoms with Crippen molar-refractivity contribution >= 4 is 11.6 Å². The first-order chi connectivity index (χ1) is 5.75.